The zero-order valence-corrected chi connectivity index (χ0v) is 19.3. The Balaban J connectivity index is 1.60. The Morgan fingerprint density at radius 2 is 1.97 bits per heavy atom. The maximum atomic E-state index is 13.0. The molecule has 1 saturated heterocycles. The van der Waals surface area contributed by atoms with Crippen LogP contribution in [0.4, 0.5) is 10.5 Å². The molecule has 174 valence electrons. The highest BCUT2D eigenvalue weighted by Gasteiger charge is 2.55. The van der Waals surface area contributed by atoms with Crippen molar-refractivity contribution in [3.63, 3.8) is 0 Å². The smallest absolute Gasteiger partial charge is 0.327 e. The van der Waals surface area contributed by atoms with Crippen LogP contribution in [-0.4, -0.2) is 46.9 Å². The van der Waals surface area contributed by atoms with Gasteiger partial charge in [-0.15, -0.1) is 0 Å². The Bertz CT molecular complexity index is 901. The number of hydrogen-bond donors (Lipinski definition) is 2. The van der Waals surface area contributed by atoms with Crippen LogP contribution in [-0.2, 0) is 19.1 Å². The number of rotatable bonds is 7. The molecule has 3 rings (SSSR count). The van der Waals surface area contributed by atoms with Crippen molar-refractivity contribution in [2.75, 3.05) is 11.9 Å². The number of esters is 1. The van der Waals surface area contributed by atoms with Crippen molar-refractivity contribution in [1.29, 1.82) is 0 Å². The van der Waals surface area contributed by atoms with E-state index in [0.29, 0.717) is 12.1 Å². The molecule has 1 saturated carbocycles. The predicted octanol–water partition coefficient (Wildman–Crippen LogP) is 3.57. The molecule has 2 aliphatic rings. The van der Waals surface area contributed by atoms with Crippen molar-refractivity contribution >= 4 is 29.5 Å². The molecule has 4 amide bonds. The predicted molar refractivity (Wildman–Crippen MR) is 120 cm³/mol. The lowest BCUT2D eigenvalue weighted by Crippen LogP contribution is -2.54. The van der Waals surface area contributed by atoms with Crippen LogP contribution in [0.15, 0.2) is 24.3 Å². The molecule has 1 spiro atoms. The fourth-order valence-electron chi connectivity index (χ4n) is 4.55. The Hall–Kier alpha value is -2.90. The van der Waals surface area contributed by atoms with Crippen LogP contribution in [0.2, 0.25) is 0 Å². The largest absolute Gasteiger partial charge is 0.451 e. The van der Waals surface area contributed by atoms with Crippen molar-refractivity contribution < 1.29 is 23.9 Å². The van der Waals surface area contributed by atoms with Gasteiger partial charge in [0, 0.05) is 5.69 Å². The first kappa shape index (κ1) is 23.8. The quantitative estimate of drug-likeness (QED) is 0.495. The van der Waals surface area contributed by atoms with Crippen molar-refractivity contribution in [1.82, 2.24) is 10.2 Å². The minimum atomic E-state index is -1.07. The third-order valence-corrected chi connectivity index (χ3v) is 6.83. The average Bonchev–Trinajstić information content (AvgIpc) is 3.00. The summed E-state index contributed by atoms with van der Waals surface area (Å²) in [6.07, 6.45) is 3.13. The first-order valence-corrected chi connectivity index (χ1v) is 11.4. The Morgan fingerprint density at radius 3 is 2.66 bits per heavy atom. The Morgan fingerprint density at radius 1 is 1.25 bits per heavy atom. The van der Waals surface area contributed by atoms with E-state index in [1.54, 1.807) is 0 Å². The first-order valence-electron chi connectivity index (χ1n) is 11.4. The van der Waals surface area contributed by atoms with Gasteiger partial charge in [-0.25, -0.2) is 4.79 Å². The molecule has 2 fully saturated rings. The highest BCUT2D eigenvalue weighted by atomic mass is 16.5. The summed E-state index contributed by atoms with van der Waals surface area (Å²) in [5.41, 5.74) is 0.753. The molecule has 0 unspecified atom stereocenters. The summed E-state index contributed by atoms with van der Waals surface area (Å²) in [7, 11) is 0. The molecule has 8 nitrogen and oxygen atoms in total. The summed E-state index contributed by atoms with van der Waals surface area (Å²) >= 11 is 0. The van der Waals surface area contributed by atoms with E-state index in [0.717, 1.165) is 36.1 Å². The number of ether oxygens (including phenoxy) is 1. The molecule has 1 aromatic carbocycles. The van der Waals surface area contributed by atoms with E-state index in [2.05, 4.69) is 24.5 Å². The second kappa shape index (κ2) is 9.71. The number of carbonyl (C=O) groups is 4. The summed E-state index contributed by atoms with van der Waals surface area (Å²) in [6, 6.07) is 6.93. The maximum Gasteiger partial charge on any atom is 0.327 e. The molecule has 0 aromatic heterocycles. The standard InChI is InChI=1S/C24H33N3O5/c1-5-15(2)18-11-6-7-12-19(18)25-21(29)17(4)32-20(28)14-27-22(30)24(26-23(27)31)13-9-8-10-16(24)3/h6-7,11-12,15-17H,5,8-10,13-14H2,1-4H3,(H,25,29)(H,26,31)/t15-,16+,17+,24+/m1/s1. The van der Waals surface area contributed by atoms with Crippen LogP contribution in [0.25, 0.3) is 0 Å². The number of urea groups is 1. The second-order valence-corrected chi connectivity index (χ2v) is 8.96. The van der Waals surface area contributed by atoms with Crippen LogP contribution in [0, 0.1) is 5.92 Å². The summed E-state index contributed by atoms with van der Waals surface area (Å²) in [5, 5.41) is 5.62. The Labute approximate surface area is 189 Å². The van der Waals surface area contributed by atoms with Gasteiger partial charge in [-0.3, -0.25) is 19.3 Å². The van der Waals surface area contributed by atoms with Gasteiger partial charge in [0.15, 0.2) is 6.10 Å². The fourth-order valence-corrected chi connectivity index (χ4v) is 4.55. The van der Waals surface area contributed by atoms with E-state index >= 15 is 0 Å². The van der Waals surface area contributed by atoms with Gasteiger partial charge in [-0.05, 0) is 49.7 Å². The number of amides is 4. The number of carbonyl (C=O) groups excluding carboxylic acids is 4. The topological polar surface area (TPSA) is 105 Å². The molecule has 0 radical (unpaired) electrons. The van der Waals surface area contributed by atoms with Crippen LogP contribution < -0.4 is 10.6 Å². The van der Waals surface area contributed by atoms with E-state index in [9.17, 15) is 19.2 Å². The first-order chi connectivity index (χ1) is 15.2. The zero-order chi connectivity index (χ0) is 23.5. The highest BCUT2D eigenvalue weighted by molar-refractivity contribution is 6.09. The number of benzene rings is 1. The van der Waals surface area contributed by atoms with E-state index in [4.69, 9.17) is 4.74 Å². The minimum absolute atomic E-state index is 0.00371. The van der Waals surface area contributed by atoms with Gasteiger partial charge in [-0.1, -0.05) is 51.8 Å². The molecular weight excluding hydrogens is 410 g/mol. The van der Waals surface area contributed by atoms with Gasteiger partial charge in [0.05, 0.1) is 0 Å². The van der Waals surface area contributed by atoms with Gasteiger partial charge in [-0.2, -0.15) is 0 Å². The molecule has 1 aliphatic heterocycles. The van der Waals surface area contributed by atoms with Gasteiger partial charge < -0.3 is 15.4 Å². The van der Waals surface area contributed by atoms with E-state index < -0.39 is 36.1 Å². The molecule has 1 aliphatic carbocycles. The molecule has 0 bridgehead atoms. The Kier molecular flexibility index (Phi) is 7.21. The van der Waals surface area contributed by atoms with Crippen molar-refractivity contribution in [2.45, 2.75) is 77.4 Å². The number of anilines is 1. The van der Waals surface area contributed by atoms with Crippen LogP contribution in [0.1, 0.15) is 71.3 Å². The van der Waals surface area contributed by atoms with Gasteiger partial charge in [0.25, 0.3) is 11.8 Å². The normalized spacial score (nSPS) is 24.8. The number of hydrogen-bond acceptors (Lipinski definition) is 5. The monoisotopic (exact) mass is 443 g/mol. The van der Waals surface area contributed by atoms with Gasteiger partial charge in [0.1, 0.15) is 12.1 Å². The van der Waals surface area contributed by atoms with Crippen LogP contribution in [0.5, 0.6) is 0 Å². The number of nitrogens with zero attached hydrogens (tertiary/aromatic N) is 1. The minimum Gasteiger partial charge on any atom is -0.451 e. The SMILES string of the molecule is CC[C@@H](C)c1ccccc1NC(=O)[C@H](C)OC(=O)CN1C(=O)N[C@]2(CCCC[C@@H]2C)C1=O. The lowest BCUT2D eigenvalue weighted by atomic mass is 9.73. The molecule has 1 aromatic rings. The molecule has 4 atom stereocenters. The van der Waals surface area contributed by atoms with Gasteiger partial charge >= 0.3 is 12.0 Å². The lowest BCUT2D eigenvalue weighted by Gasteiger charge is -2.36. The second-order valence-electron chi connectivity index (χ2n) is 8.96. The van der Waals surface area contributed by atoms with Crippen molar-refractivity contribution in [3.05, 3.63) is 29.8 Å². The summed E-state index contributed by atoms with van der Waals surface area (Å²) in [4.78, 5) is 51.4. The average molecular weight is 444 g/mol. The van der Waals surface area contributed by atoms with E-state index in [1.165, 1.54) is 6.92 Å². The lowest BCUT2D eigenvalue weighted by molar-refractivity contribution is -0.155. The number of imide groups is 1. The molecule has 2 N–H and O–H groups in total. The van der Waals surface area contributed by atoms with Crippen LogP contribution in [0.3, 0.4) is 0 Å². The van der Waals surface area contributed by atoms with Gasteiger partial charge in [0.2, 0.25) is 0 Å². The highest BCUT2D eigenvalue weighted by Crippen LogP contribution is 2.38. The van der Waals surface area contributed by atoms with Crippen LogP contribution >= 0.6 is 0 Å². The third-order valence-electron chi connectivity index (χ3n) is 6.83. The number of para-hydroxylation sites is 1. The van der Waals surface area contributed by atoms with Crippen molar-refractivity contribution in [2.24, 2.45) is 5.92 Å². The summed E-state index contributed by atoms with van der Waals surface area (Å²) in [6.45, 7) is 7.05. The molecule has 8 heteroatoms. The fraction of sp³-hybridized carbons (Fsp3) is 0.583. The molecule has 1 heterocycles. The maximum absolute atomic E-state index is 13.0. The third kappa shape index (κ3) is 4.64. The molecule has 32 heavy (non-hydrogen) atoms. The summed E-state index contributed by atoms with van der Waals surface area (Å²) in [5.74, 6) is -1.38. The van der Waals surface area contributed by atoms with Crippen molar-refractivity contribution in [3.8, 4) is 0 Å². The zero-order valence-electron chi connectivity index (χ0n) is 19.3. The molecular formula is C24H33N3O5. The summed E-state index contributed by atoms with van der Waals surface area (Å²) < 4.78 is 5.25. The van der Waals surface area contributed by atoms with E-state index in [1.807, 2.05) is 31.2 Å². The van der Waals surface area contributed by atoms with E-state index in [-0.39, 0.29) is 17.7 Å². The number of nitrogens with one attached hydrogen (secondary N) is 2.